The summed E-state index contributed by atoms with van der Waals surface area (Å²) in [6.45, 7) is 0. The Morgan fingerprint density at radius 2 is 1.53 bits per heavy atom. The molecule has 1 N–H and O–H groups in total. The Balaban J connectivity index is 5.61. The van der Waals surface area contributed by atoms with Crippen molar-refractivity contribution in [1.29, 1.82) is 0 Å². The second-order valence-corrected chi connectivity index (χ2v) is 11.5. The highest BCUT2D eigenvalue weighted by molar-refractivity contribution is 7.93. The van der Waals surface area contributed by atoms with Gasteiger partial charge in [-0.25, -0.2) is 0 Å². The van der Waals surface area contributed by atoms with E-state index < -0.39 is 29.1 Å². The summed E-state index contributed by atoms with van der Waals surface area (Å²) in [5.74, 6) is 0. The molecule has 0 radical (unpaired) electrons. The van der Waals surface area contributed by atoms with E-state index >= 15 is 0 Å². The smallest absolute Gasteiger partial charge is 0.321 e. The van der Waals surface area contributed by atoms with Crippen LogP contribution in [-0.2, 0) is 32.3 Å². The van der Waals surface area contributed by atoms with E-state index in [2.05, 4.69) is 13.0 Å². The van der Waals surface area contributed by atoms with E-state index in [-0.39, 0.29) is 0 Å². The molecule has 8 nitrogen and oxygen atoms in total. The first-order chi connectivity index (χ1) is 7.33. The molecule has 0 aromatic heterocycles. The highest BCUT2D eigenvalue weighted by Gasteiger charge is 2.63. The van der Waals surface area contributed by atoms with Crippen LogP contribution in [0.3, 0.4) is 0 Å². The predicted octanol–water partition coefficient (Wildman–Crippen LogP) is 1.72. The fraction of sp³-hybridized carbons (Fsp3) is 1.00. The normalized spacial score (nSPS) is 17.8. The standard InChI is InChI=1S/C4H10Cl2O8P2S/c1-12-16(9,13-2)4(5,6)15(7,8)14-17(3,10)11/h1-3H3,(H,7,8). The van der Waals surface area contributed by atoms with Gasteiger partial charge >= 0.3 is 19.0 Å². The van der Waals surface area contributed by atoms with Crippen molar-refractivity contribution in [1.82, 2.24) is 0 Å². The second kappa shape index (κ2) is 5.45. The molecule has 0 saturated carbocycles. The van der Waals surface area contributed by atoms with Crippen molar-refractivity contribution in [3.63, 3.8) is 0 Å². The summed E-state index contributed by atoms with van der Waals surface area (Å²) in [5, 5.41) is 0. The monoisotopic (exact) mass is 350 g/mol. The lowest BCUT2D eigenvalue weighted by Crippen LogP contribution is -2.19. The Morgan fingerprint density at radius 1 is 1.18 bits per heavy atom. The maximum absolute atomic E-state index is 11.8. The van der Waals surface area contributed by atoms with E-state index in [9.17, 15) is 22.4 Å². The quantitative estimate of drug-likeness (QED) is 0.568. The number of halogens is 2. The minimum absolute atomic E-state index is 0.490. The minimum atomic E-state index is -5.24. The first-order valence-corrected chi connectivity index (χ1v) is 9.36. The lowest BCUT2D eigenvalue weighted by molar-refractivity contribution is 0.270. The van der Waals surface area contributed by atoms with Crippen LogP contribution in [0.1, 0.15) is 0 Å². The van der Waals surface area contributed by atoms with Gasteiger partial charge < -0.3 is 13.9 Å². The van der Waals surface area contributed by atoms with Gasteiger partial charge in [-0.05, 0) is 0 Å². The van der Waals surface area contributed by atoms with E-state index in [1.165, 1.54) is 0 Å². The molecule has 0 spiro atoms. The van der Waals surface area contributed by atoms with Crippen LogP contribution in [0.25, 0.3) is 0 Å². The zero-order valence-electron chi connectivity index (χ0n) is 8.86. The van der Waals surface area contributed by atoms with Crippen LogP contribution in [0.15, 0.2) is 0 Å². The first-order valence-electron chi connectivity index (χ1n) is 3.66. The van der Waals surface area contributed by atoms with Crippen molar-refractivity contribution in [2.24, 2.45) is 0 Å². The molecule has 0 rings (SSSR count). The van der Waals surface area contributed by atoms with Crippen LogP contribution in [0, 0.1) is 0 Å². The molecule has 0 saturated heterocycles. The highest BCUT2D eigenvalue weighted by atomic mass is 35.5. The summed E-state index contributed by atoms with van der Waals surface area (Å²) in [6, 6.07) is 0. The summed E-state index contributed by atoms with van der Waals surface area (Å²) in [6.07, 6.45) is 0.490. The van der Waals surface area contributed by atoms with Crippen molar-refractivity contribution in [3.8, 4) is 0 Å². The molecule has 0 bridgehead atoms. The van der Waals surface area contributed by atoms with Crippen LogP contribution in [0.5, 0.6) is 0 Å². The SMILES string of the molecule is COP(=O)(OC)C(Cl)(Cl)P(=O)(O)OS(C)(=O)=O. The highest BCUT2D eigenvalue weighted by Crippen LogP contribution is 2.79. The maximum Gasteiger partial charge on any atom is 0.391 e. The molecule has 0 fully saturated rings. The molecule has 0 aromatic carbocycles. The van der Waals surface area contributed by atoms with Gasteiger partial charge in [0.05, 0.1) is 6.26 Å². The van der Waals surface area contributed by atoms with Gasteiger partial charge in [0.2, 0.25) is 0 Å². The molecule has 0 aliphatic rings. The van der Waals surface area contributed by atoms with Crippen molar-refractivity contribution < 1.29 is 35.5 Å². The van der Waals surface area contributed by atoms with Gasteiger partial charge in [0.25, 0.3) is 10.1 Å². The maximum atomic E-state index is 11.8. The fourth-order valence-electron chi connectivity index (χ4n) is 0.677. The molecule has 0 aromatic rings. The fourth-order valence-corrected chi connectivity index (χ4v) is 6.46. The van der Waals surface area contributed by atoms with Crippen LogP contribution < -0.4 is 0 Å². The number of hydrogen-bond acceptors (Lipinski definition) is 7. The van der Waals surface area contributed by atoms with E-state index in [0.29, 0.717) is 6.26 Å². The van der Waals surface area contributed by atoms with Crippen molar-refractivity contribution in [2.75, 3.05) is 20.5 Å². The van der Waals surface area contributed by atoms with Gasteiger partial charge in [0.1, 0.15) is 0 Å². The van der Waals surface area contributed by atoms with Gasteiger partial charge in [-0.2, -0.15) is 12.4 Å². The van der Waals surface area contributed by atoms with Crippen molar-refractivity contribution in [3.05, 3.63) is 0 Å². The summed E-state index contributed by atoms with van der Waals surface area (Å²) in [4.78, 5) is 9.33. The van der Waals surface area contributed by atoms with E-state index in [1.807, 2.05) is 0 Å². The van der Waals surface area contributed by atoms with Gasteiger partial charge in [-0.3, -0.25) is 9.13 Å². The molecule has 17 heavy (non-hydrogen) atoms. The van der Waals surface area contributed by atoms with Gasteiger partial charge in [-0.1, -0.05) is 23.2 Å². The molecule has 104 valence electrons. The van der Waals surface area contributed by atoms with Crippen molar-refractivity contribution in [2.45, 2.75) is 3.82 Å². The van der Waals surface area contributed by atoms with Crippen LogP contribution >= 0.6 is 38.4 Å². The number of alkyl halides is 2. The minimum Gasteiger partial charge on any atom is -0.321 e. The lowest BCUT2D eigenvalue weighted by atomic mass is 11.8. The topological polar surface area (TPSA) is 116 Å². The molecule has 1 unspecified atom stereocenters. The third kappa shape index (κ3) is 3.89. The third-order valence-corrected chi connectivity index (χ3v) is 9.60. The summed E-state index contributed by atoms with van der Waals surface area (Å²) in [7, 11) is -12.4. The van der Waals surface area contributed by atoms with E-state index in [1.54, 1.807) is 0 Å². The van der Waals surface area contributed by atoms with E-state index in [0.717, 1.165) is 14.2 Å². The zero-order chi connectivity index (χ0) is 14.1. The first kappa shape index (κ1) is 17.8. The van der Waals surface area contributed by atoms with Crippen LogP contribution in [0.4, 0.5) is 0 Å². The zero-order valence-corrected chi connectivity index (χ0v) is 13.0. The summed E-state index contributed by atoms with van der Waals surface area (Å²) in [5.41, 5.74) is 0. The molecule has 0 aliphatic carbocycles. The van der Waals surface area contributed by atoms with Crippen LogP contribution in [-0.4, -0.2) is 37.6 Å². The molecule has 13 heteroatoms. The number of hydrogen-bond donors (Lipinski definition) is 1. The van der Waals surface area contributed by atoms with Crippen molar-refractivity contribution >= 4 is 48.5 Å². The summed E-state index contributed by atoms with van der Waals surface area (Å²) >= 11 is 10.8. The lowest BCUT2D eigenvalue weighted by Gasteiger charge is -2.28. The predicted molar refractivity (Wildman–Crippen MR) is 61.8 cm³/mol. The number of rotatable bonds is 6. The molecule has 0 amide bonds. The Bertz CT molecular complexity index is 464. The molecule has 1 atom stereocenters. The molecular formula is C4H10Cl2O8P2S. The van der Waals surface area contributed by atoms with Gasteiger partial charge in [0.15, 0.2) is 0 Å². The molecule has 0 heterocycles. The Labute approximate surface area is 108 Å². The van der Waals surface area contributed by atoms with Crippen LogP contribution in [0.2, 0.25) is 0 Å². The Morgan fingerprint density at radius 3 is 1.76 bits per heavy atom. The third-order valence-electron chi connectivity index (χ3n) is 1.39. The largest absolute Gasteiger partial charge is 0.391 e. The summed E-state index contributed by atoms with van der Waals surface area (Å²) < 4.78 is 54.3. The van der Waals surface area contributed by atoms with Gasteiger partial charge in [0, 0.05) is 14.2 Å². The molecular weight excluding hydrogens is 341 g/mol. The Kier molecular flexibility index (Phi) is 5.71. The molecule has 0 aliphatic heterocycles. The Hall–Kier alpha value is 0.830. The van der Waals surface area contributed by atoms with Gasteiger partial charge in [-0.15, -0.1) is 0 Å². The van der Waals surface area contributed by atoms with E-state index in [4.69, 9.17) is 23.2 Å². The average Bonchev–Trinajstić information content (AvgIpc) is 2.12. The second-order valence-electron chi connectivity index (χ2n) is 2.67. The average molecular weight is 351 g/mol.